The lowest BCUT2D eigenvalue weighted by molar-refractivity contribution is 0.275. The van der Waals surface area contributed by atoms with Crippen LogP contribution in [0.3, 0.4) is 0 Å². The first kappa shape index (κ1) is 23.8. The molecule has 0 atom stereocenters. The average molecular weight is 473 g/mol. The number of H-pyrrole nitrogens is 1. The summed E-state index contributed by atoms with van der Waals surface area (Å²) in [5, 5.41) is 19.7. The van der Waals surface area contributed by atoms with Crippen molar-refractivity contribution in [3.05, 3.63) is 54.4 Å². The van der Waals surface area contributed by atoms with Gasteiger partial charge in [0.1, 0.15) is 10.6 Å². The normalized spacial score (nSPS) is 12.5. The second-order valence-corrected chi connectivity index (χ2v) is 7.96. The third-order valence-electron chi connectivity index (χ3n) is 4.46. The fourth-order valence-corrected chi connectivity index (χ4v) is 4.30. The molecule has 9 nitrogen and oxygen atoms in total. The van der Waals surface area contributed by atoms with Crippen molar-refractivity contribution in [2.75, 3.05) is 16.7 Å². The van der Waals surface area contributed by atoms with Gasteiger partial charge in [-0.15, -0.1) is 24.8 Å². The lowest BCUT2D eigenvalue weighted by Gasteiger charge is -2.20. The number of benzene rings is 2. The summed E-state index contributed by atoms with van der Waals surface area (Å²) in [5.41, 5.74) is 1.87. The van der Waals surface area contributed by atoms with Crippen LogP contribution >= 0.6 is 24.8 Å². The van der Waals surface area contributed by atoms with Gasteiger partial charge in [-0.2, -0.15) is 0 Å². The molecular formula is C17H19BCl2N4O5S. The summed E-state index contributed by atoms with van der Waals surface area (Å²) in [6, 6.07) is 8.81. The number of phenols is 1. The molecule has 2 aromatic carbocycles. The topological polar surface area (TPSA) is 128 Å². The highest BCUT2D eigenvalue weighted by atomic mass is 35.5. The van der Waals surface area contributed by atoms with Gasteiger partial charge < -0.3 is 24.7 Å². The SMILES string of the molecule is CN(c1ncc[nH]1)c1cc(O)ccc1S(=O)(=O)Nc1ccc2c(c1)B(O)OC2.Cl.Cl. The third-order valence-corrected chi connectivity index (χ3v) is 5.88. The maximum atomic E-state index is 13.0. The number of nitrogens with zero attached hydrogens (tertiary/aromatic N) is 2. The van der Waals surface area contributed by atoms with Crippen molar-refractivity contribution in [2.45, 2.75) is 11.5 Å². The number of rotatable bonds is 5. The van der Waals surface area contributed by atoms with Crippen LogP contribution in [0.2, 0.25) is 0 Å². The first-order valence-electron chi connectivity index (χ1n) is 8.36. The van der Waals surface area contributed by atoms with Gasteiger partial charge in [-0.1, -0.05) is 6.07 Å². The molecule has 30 heavy (non-hydrogen) atoms. The predicted octanol–water partition coefficient (Wildman–Crippen LogP) is 1.75. The van der Waals surface area contributed by atoms with E-state index in [-0.39, 0.29) is 47.8 Å². The number of hydrogen-bond acceptors (Lipinski definition) is 7. The molecule has 13 heteroatoms. The summed E-state index contributed by atoms with van der Waals surface area (Å²) in [7, 11) is -3.44. The second kappa shape index (κ2) is 9.15. The highest BCUT2D eigenvalue weighted by Crippen LogP contribution is 2.32. The smallest absolute Gasteiger partial charge is 0.491 e. The number of halogens is 2. The van der Waals surface area contributed by atoms with Gasteiger partial charge in [0.2, 0.25) is 5.95 Å². The number of anilines is 3. The van der Waals surface area contributed by atoms with Gasteiger partial charge in [-0.25, -0.2) is 13.4 Å². The zero-order valence-corrected chi connectivity index (χ0v) is 18.1. The molecule has 4 N–H and O–H groups in total. The van der Waals surface area contributed by atoms with Gasteiger partial charge in [-0.3, -0.25) is 4.72 Å². The number of fused-ring (bicyclic) bond motifs is 1. The molecule has 1 aliphatic rings. The van der Waals surface area contributed by atoms with Crippen molar-refractivity contribution < 1.29 is 23.2 Å². The Bertz CT molecular complexity index is 1130. The zero-order valence-electron chi connectivity index (χ0n) is 15.6. The second-order valence-electron chi connectivity index (χ2n) is 6.31. The monoisotopic (exact) mass is 472 g/mol. The standard InChI is InChI=1S/C17H17BN4O5S.2ClH/c1-22(17-19-6-7-20-17)15-9-13(23)4-5-16(15)28(25,26)21-12-3-2-11-10-27-18(24)14(11)8-12;;/h2-9,21,23-24H,10H2,1H3,(H,19,20);2*1H. The van der Waals surface area contributed by atoms with E-state index in [1.54, 1.807) is 37.6 Å². The van der Waals surface area contributed by atoms with Crippen LogP contribution in [0.1, 0.15) is 5.56 Å². The summed E-state index contributed by atoms with van der Waals surface area (Å²) in [6.07, 6.45) is 3.15. The van der Waals surface area contributed by atoms with Crippen LogP contribution in [0.15, 0.2) is 53.7 Å². The molecule has 0 saturated carbocycles. The molecule has 1 aromatic heterocycles. The predicted molar refractivity (Wildman–Crippen MR) is 119 cm³/mol. The molecule has 0 amide bonds. The van der Waals surface area contributed by atoms with Crippen molar-refractivity contribution >= 4 is 64.7 Å². The number of aromatic hydroxyl groups is 1. The minimum absolute atomic E-state index is 0. The van der Waals surface area contributed by atoms with E-state index in [4.69, 9.17) is 4.65 Å². The van der Waals surface area contributed by atoms with E-state index in [2.05, 4.69) is 14.7 Å². The minimum atomic E-state index is -4.00. The van der Waals surface area contributed by atoms with Gasteiger partial charge in [0.05, 0.1) is 12.3 Å². The molecule has 0 radical (unpaired) electrons. The summed E-state index contributed by atoms with van der Waals surface area (Å²) < 4.78 is 33.7. The maximum Gasteiger partial charge on any atom is 0.491 e. The van der Waals surface area contributed by atoms with Crippen molar-refractivity contribution in [3.63, 3.8) is 0 Å². The Hall–Kier alpha value is -2.44. The quantitative estimate of drug-likeness (QED) is 0.416. The highest BCUT2D eigenvalue weighted by Gasteiger charge is 2.28. The Morgan fingerprint density at radius 3 is 2.70 bits per heavy atom. The Morgan fingerprint density at radius 1 is 1.23 bits per heavy atom. The lowest BCUT2D eigenvalue weighted by atomic mass is 9.79. The van der Waals surface area contributed by atoms with E-state index in [9.17, 15) is 18.5 Å². The van der Waals surface area contributed by atoms with Gasteiger partial charge in [-0.05, 0) is 35.3 Å². The van der Waals surface area contributed by atoms with Crippen molar-refractivity contribution in [1.82, 2.24) is 9.97 Å². The van der Waals surface area contributed by atoms with Crippen LogP contribution in [0, 0.1) is 0 Å². The number of nitrogens with one attached hydrogen (secondary N) is 2. The van der Waals surface area contributed by atoms with Gasteiger partial charge >= 0.3 is 7.12 Å². The van der Waals surface area contributed by atoms with Crippen molar-refractivity contribution in [1.29, 1.82) is 0 Å². The molecule has 4 rings (SSSR count). The molecule has 0 spiro atoms. The minimum Gasteiger partial charge on any atom is -0.508 e. The van der Waals surface area contributed by atoms with Crippen LogP contribution in [0.25, 0.3) is 0 Å². The molecule has 3 aromatic rings. The average Bonchev–Trinajstić information content (AvgIpc) is 3.31. The molecule has 0 saturated heterocycles. The molecule has 0 fully saturated rings. The Balaban J connectivity index is 0.00000160. The van der Waals surface area contributed by atoms with Crippen molar-refractivity contribution in [3.8, 4) is 5.75 Å². The molecule has 0 bridgehead atoms. The Kier molecular flexibility index (Phi) is 7.27. The van der Waals surface area contributed by atoms with E-state index >= 15 is 0 Å². The summed E-state index contributed by atoms with van der Waals surface area (Å²) in [4.78, 5) is 8.48. The van der Waals surface area contributed by atoms with E-state index in [0.717, 1.165) is 5.56 Å². The largest absolute Gasteiger partial charge is 0.508 e. The first-order chi connectivity index (χ1) is 13.3. The molecule has 0 aliphatic carbocycles. The van der Waals surface area contributed by atoms with Crippen molar-refractivity contribution in [2.24, 2.45) is 0 Å². The number of aromatic nitrogens is 2. The molecule has 0 unspecified atom stereocenters. The number of imidazole rings is 1. The van der Waals surface area contributed by atoms with Crippen LogP contribution in [-0.4, -0.2) is 42.7 Å². The molecule has 160 valence electrons. The first-order valence-corrected chi connectivity index (χ1v) is 9.85. The third kappa shape index (κ3) is 4.50. The van der Waals surface area contributed by atoms with E-state index in [1.165, 1.54) is 23.1 Å². The summed E-state index contributed by atoms with van der Waals surface area (Å²) >= 11 is 0. The number of phenolic OH excluding ortho intramolecular Hbond substituents is 1. The van der Waals surface area contributed by atoms with E-state index in [0.29, 0.717) is 17.1 Å². The van der Waals surface area contributed by atoms with Crippen LogP contribution in [0.5, 0.6) is 5.75 Å². The number of sulfonamides is 1. The van der Waals surface area contributed by atoms with Crippen LogP contribution < -0.4 is 15.1 Å². The van der Waals surface area contributed by atoms with Crippen LogP contribution in [0.4, 0.5) is 17.3 Å². The fraction of sp³-hybridized carbons (Fsp3) is 0.118. The van der Waals surface area contributed by atoms with Gasteiger partial charge in [0.15, 0.2) is 0 Å². The lowest BCUT2D eigenvalue weighted by Crippen LogP contribution is -2.28. The van der Waals surface area contributed by atoms with Crippen LogP contribution in [-0.2, 0) is 21.3 Å². The fourth-order valence-electron chi connectivity index (χ4n) is 3.04. The highest BCUT2D eigenvalue weighted by molar-refractivity contribution is 7.92. The van der Waals surface area contributed by atoms with E-state index < -0.39 is 17.1 Å². The maximum absolute atomic E-state index is 13.0. The van der Waals surface area contributed by atoms with Gasteiger partial charge in [0, 0.05) is 31.2 Å². The molecular weight excluding hydrogens is 454 g/mol. The van der Waals surface area contributed by atoms with E-state index in [1.807, 2.05) is 0 Å². The molecule has 2 heterocycles. The Morgan fingerprint density at radius 2 is 2.00 bits per heavy atom. The Labute approximate surface area is 186 Å². The summed E-state index contributed by atoms with van der Waals surface area (Å²) in [5.74, 6) is 0.338. The van der Waals surface area contributed by atoms with Gasteiger partial charge in [0.25, 0.3) is 10.0 Å². The zero-order chi connectivity index (χ0) is 19.9. The number of hydrogen-bond donors (Lipinski definition) is 4. The number of aromatic amines is 1. The molecule has 1 aliphatic heterocycles. The summed E-state index contributed by atoms with van der Waals surface area (Å²) in [6.45, 7) is 0.277.